The van der Waals surface area contributed by atoms with Gasteiger partial charge < -0.3 is 84.2 Å². The van der Waals surface area contributed by atoms with Crippen molar-refractivity contribution in [3.63, 3.8) is 0 Å². The number of aliphatic carboxylic acids is 1. The van der Waals surface area contributed by atoms with Gasteiger partial charge in [0.25, 0.3) is 0 Å². The summed E-state index contributed by atoms with van der Waals surface area (Å²) >= 11 is 0. The second kappa shape index (κ2) is 32.3. The minimum atomic E-state index is -1.83. The summed E-state index contributed by atoms with van der Waals surface area (Å²) in [5.41, 5.74) is 0. The van der Waals surface area contributed by atoms with Crippen molar-refractivity contribution >= 4 is 11.9 Å². The van der Waals surface area contributed by atoms with E-state index in [4.69, 9.17) is 38.3 Å². The van der Waals surface area contributed by atoms with E-state index >= 15 is 0 Å². The van der Waals surface area contributed by atoms with Crippen molar-refractivity contribution in [1.82, 2.24) is 0 Å². The quantitative estimate of drug-likeness (QED) is 0.0328. The van der Waals surface area contributed by atoms with Crippen molar-refractivity contribution in [1.29, 1.82) is 0 Å². The Kier molecular flexibility index (Phi) is 28.8. The maximum atomic E-state index is 12.2. The Bertz CT molecular complexity index is 1330. The van der Waals surface area contributed by atoms with Crippen molar-refractivity contribution in [2.75, 3.05) is 19.8 Å². The van der Waals surface area contributed by atoms with Crippen LogP contribution in [0.2, 0.25) is 0 Å². The lowest BCUT2D eigenvalue weighted by Gasteiger charge is -2.46. The molecule has 4 unspecified atom stereocenters. The van der Waals surface area contributed by atoms with Crippen LogP contribution in [-0.4, -0.2) is 181 Å². The summed E-state index contributed by atoms with van der Waals surface area (Å²) in [4.78, 5) is 22.9. The first-order valence-electron chi connectivity index (χ1n) is 25.3. The maximum Gasteiger partial charge on any atom is 0.332 e. The Morgan fingerprint density at radius 2 is 1.12 bits per heavy atom. The first-order chi connectivity index (χ1) is 31.9. The Labute approximate surface area is 397 Å². The number of aliphatic hydroxyl groups is 9. The topological polar surface area (TPSA) is 301 Å². The molecule has 0 aromatic heterocycles. The molecule has 0 amide bonds. The van der Waals surface area contributed by atoms with E-state index in [0.717, 1.165) is 77.0 Å². The molecule has 0 bridgehead atoms. The van der Waals surface area contributed by atoms with Crippen LogP contribution >= 0.6 is 0 Å². The average Bonchev–Trinajstić information content (AvgIpc) is 3.29. The van der Waals surface area contributed by atoms with Crippen LogP contribution in [0.5, 0.6) is 0 Å². The van der Waals surface area contributed by atoms with E-state index in [0.29, 0.717) is 38.5 Å². The van der Waals surface area contributed by atoms with Gasteiger partial charge in [0.05, 0.1) is 37.6 Å². The standard InChI is InChI=1S/C48H88O19/c1-5-6-20-31(21-19-24-33(50)32(49)22-17-15-13-11-9-7-8-10-12-14-16-18-23-34(51)45(59)60)64-47-43(30(4)35(52)26-62-47)66-48-44(39(55)36(53)27-63-48)67-46-42(58)41(57)40(56)37(65-46)28-61-38(54)25-29(2)3/h29-37,39-44,46-53,55-58H,5-28H2,1-4H3,(H,59,60)/t30-,31?,32?,33?,34?,35+,36+,37+,39-,40+,41-,42+,43+,44+,46-,47-,48-/m0/s1. The van der Waals surface area contributed by atoms with Gasteiger partial charge in [-0.2, -0.15) is 0 Å². The van der Waals surface area contributed by atoms with Gasteiger partial charge in [-0.15, -0.1) is 0 Å². The van der Waals surface area contributed by atoms with Gasteiger partial charge in [-0.05, 0) is 44.4 Å². The fraction of sp³-hybridized carbons (Fsp3) is 0.958. The van der Waals surface area contributed by atoms with Crippen molar-refractivity contribution in [2.24, 2.45) is 11.8 Å². The molecule has 0 radical (unpaired) electrons. The molecule has 0 aromatic rings. The van der Waals surface area contributed by atoms with Crippen LogP contribution in [0.25, 0.3) is 0 Å². The first kappa shape index (κ1) is 59.6. The Balaban J connectivity index is 1.48. The van der Waals surface area contributed by atoms with Gasteiger partial charge in [0.2, 0.25) is 0 Å². The summed E-state index contributed by atoms with van der Waals surface area (Å²) in [7, 11) is 0. The molecule has 0 aromatic carbocycles. The molecule has 19 heteroatoms. The number of carboxylic acids is 1. The third-order valence-corrected chi connectivity index (χ3v) is 13.2. The van der Waals surface area contributed by atoms with E-state index in [2.05, 4.69) is 6.92 Å². The van der Waals surface area contributed by atoms with Crippen LogP contribution in [0.3, 0.4) is 0 Å². The number of rotatable bonds is 34. The molecule has 0 spiro atoms. The fourth-order valence-corrected chi connectivity index (χ4v) is 8.71. The average molecular weight is 969 g/mol. The van der Waals surface area contributed by atoms with E-state index in [1.165, 1.54) is 12.8 Å². The molecule has 0 aliphatic carbocycles. The lowest BCUT2D eigenvalue weighted by Crippen LogP contribution is -2.64. The van der Waals surface area contributed by atoms with Gasteiger partial charge >= 0.3 is 11.9 Å². The molecule has 3 fully saturated rings. The number of aliphatic hydroxyl groups excluding tert-OH is 9. The second-order valence-corrected chi connectivity index (χ2v) is 19.5. The number of carbonyl (C=O) groups excluding carboxylic acids is 1. The first-order valence-corrected chi connectivity index (χ1v) is 25.3. The van der Waals surface area contributed by atoms with Crippen LogP contribution < -0.4 is 0 Å². The highest BCUT2D eigenvalue weighted by Gasteiger charge is 2.51. The molecule has 0 saturated carbocycles. The highest BCUT2D eigenvalue weighted by Crippen LogP contribution is 2.34. The van der Waals surface area contributed by atoms with Crippen LogP contribution in [0, 0.1) is 11.8 Å². The van der Waals surface area contributed by atoms with Crippen molar-refractivity contribution in [3.8, 4) is 0 Å². The van der Waals surface area contributed by atoms with Gasteiger partial charge in [-0.25, -0.2) is 4.79 Å². The Morgan fingerprint density at radius 3 is 1.70 bits per heavy atom. The highest BCUT2D eigenvalue weighted by atomic mass is 16.8. The van der Waals surface area contributed by atoms with E-state index in [9.17, 15) is 55.5 Å². The Morgan fingerprint density at radius 1 is 0.597 bits per heavy atom. The number of carboxylic acid groups (broad SMARTS) is 1. The van der Waals surface area contributed by atoms with E-state index in [1.54, 1.807) is 6.92 Å². The largest absolute Gasteiger partial charge is 0.479 e. The third-order valence-electron chi connectivity index (χ3n) is 13.2. The molecule has 3 aliphatic heterocycles. The van der Waals surface area contributed by atoms with Crippen LogP contribution in [0.1, 0.15) is 163 Å². The Hall–Kier alpha value is -1.66. The van der Waals surface area contributed by atoms with Crippen molar-refractivity contribution in [2.45, 2.75) is 261 Å². The summed E-state index contributed by atoms with van der Waals surface area (Å²) in [5, 5.41) is 104. The van der Waals surface area contributed by atoms with Gasteiger partial charge in [0.15, 0.2) is 25.0 Å². The van der Waals surface area contributed by atoms with E-state index in [-0.39, 0.29) is 31.7 Å². The molecule has 3 rings (SSSR count). The number of ether oxygens (including phenoxy) is 7. The number of esters is 1. The molecule has 3 saturated heterocycles. The number of hydrogen-bond donors (Lipinski definition) is 10. The predicted molar refractivity (Wildman–Crippen MR) is 242 cm³/mol. The van der Waals surface area contributed by atoms with Gasteiger partial charge in [0, 0.05) is 12.3 Å². The molecule has 19 nitrogen and oxygen atoms in total. The number of carbonyl (C=O) groups is 2. The zero-order valence-electron chi connectivity index (χ0n) is 40.5. The lowest BCUT2D eigenvalue weighted by molar-refractivity contribution is -0.377. The van der Waals surface area contributed by atoms with Gasteiger partial charge in [0.1, 0.15) is 55.4 Å². The second-order valence-electron chi connectivity index (χ2n) is 19.5. The molecular weight excluding hydrogens is 881 g/mol. The summed E-state index contributed by atoms with van der Waals surface area (Å²) in [6.45, 7) is 6.57. The number of hydrogen-bond acceptors (Lipinski definition) is 18. The molecule has 3 heterocycles. The molecule has 394 valence electrons. The molecule has 10 N–H and O–H groups in total. The smallest absolute Gasteiger partial charge is 0.332 e. The van der Waals surface area contributed by atoms with Crippen molar-refractivity contribution < 1.29 is 93.8 Å². The monoisotopic (exact) mass is 969 g/mol. The van der Waals surface area contributed by atoms with Crippen LogP contribution in [-0.2, 0) is 42.7 Å². The third kappa shape index (κ3) is 21.3. The molecule has 3 aliphatic rings. The van der Waals surface area contributed by atoms with Crippen LogP contribution in [0.15, 0.2) is 0 Å². The van der Waals surface area contributed by atoms with Crippen LogP contribution in [0.4, 0.5) is 0 Å². The zero-order valence-corrected chi connectivity index (χ0v) is 40.5. The normalized spacial score (nSPS) is 32.2. The fourth-order valence-electron chi connectivity index (χ4n) is 8.71. The summed E-state index contributed by atoms with van der Waals surface area (Å²) in [6, 6.07) is 0. The lowest BCUT2D eigenvalue weighted by atomic mass is 9.94. The summed E-state index contributed by atoms with van der Waals surface area (Å²) < 4.78 is 41.7. The highest BCUT2D eigenvalue weighted by molar-refractivity contribution is 5.71. The minimum absolute atomic E-state index is 0.00582. The maximum absolute atomic E-state index is 12.2. The van der Waals surface area contributed by atoms with Gasteiger partial charge in [-0.3, -0.25) is 4.79 Å². The molecular formula is C48H88O19. The zero-order chi connectivity index (χ0) is 49.5. The van der Waals surface area contributed by atoms with E-state index in [1.807, 2.05) is 13.8 Å². The molecule has 17 atom stereocenters. The minimum Gasteiger partial charge on any atom is -0.479 e. The van der Waals surface area contributed by atoms with Crippen molar-refractivity contribution in [3.05, 3.63) is 0 Å². The molecule has 67 heavy (non-hydrogen) atoms. The summed E-state index contributed by atoms with van der Waals surface area (Å²) in [6.07, 6.45) is -3.36. The summed E-state index contributed by atoms with van der Waals surface area (Å²) in [5.74, 6) is -2.29. The predicted octanol–water partition coefficient (Wildman–Crippen LogP) is 2.96. The SMILES string of the molecule is CCCCC(CCCC(O)C(O)CCCCCCCCCCCCCCC(O)C(=O)O)O[C@@H]1OC[C@@H](O)[C@H](C)[C@H]1O[C@@H]1OC[C@@H](O)[C@H](O)[C@H]1O[C@@H]1O[C@H](COC(=O)CC(C)C)[C@@H](O)[C@H](O)[C@H]1O. The number of unbranched alkanes of at least 4 members (excludes halogenated alkanes) is 12. The van der Waals surface area contributed by atoms with E-state index < -0.39 is 117 Å². The van der Waals surface area contributed by atoms with Gasteiger partial charge in [-0.1, -0.05) is 118 Å².